The van der Waals surface area contributed by atoms with Gasteiger partial charge in [0.1, 0.15) is 0 Å². The maximum atomic E-state index is 8.47. The molecule has 0 aromatic heterocycles. The molecule has 0 radical (unpaired) electrons. The molecule has 2 N–H and O–H groups in total. The van der Waals surface area contributed by atoms with Gasteiger partial charge in [0.25, 0.3) is 0 Å². The van der Waals surface area contributed by atoms with Crippen molar-refractivity contribution >= 4 is 0 Å². The Morgan fingerprint density at radius 1 is 1.33 bits per heavy atom. The molecular formula is C7H18O2. The summed E-state index contributed by atoms with van der Waals surface area (Å²) in [5.74, 6) is 0.505. The molecule has 58 valence electrons. The zero-order valence-electron chi connectivity index (χ0n) is 6.59. The Morgan fingerprint density at radius 3 is 1.89 bits per heavy atom. The van der Waals surface area contributed by atoms with Crippen molar-refractivity contribution in [2.45, 2.75) is 26.7 Å². The van der Waals surface area contributed by atoms with Gasteiger partial charge in [0.2, 0.25) is 0 Å². The maximum Gasteiger partial charge on any atom is 0.0456 e. The third-order valence-corrected chi connectivity index (χ3v) is 1.09. The molecule has 9 heavy (non-hydrogen) atoms. The minimum atomic E-state index is 0.341. The molecule has 0 spiro atoms. The summed E-state index contributed by atoms with van der Waals surface area (Å²) in [6.07, 6.45) is 2.33. The van der Waals surface area contributed by atoms with Gasteiger partial charge in [0.05, 0.1) is 0 Å². The van der Waals surface area contributed by atoms with Gasteiger partial charge < -0.3 is 10.2 Å². The Hall–Kier alpha value is -0.0800. The highest BCUT2D eigenvalue weighted by molar-refractivity contribution is 4.45. The second-order valence-electron chi connectivity index (χ2n) is 2.08. The van der Waals surface area contributed by atoms with Crippen molar-refractivity contribution in [2.75, 3.05) is 13.7 Å². The minimum absolute atomic E-state index is 0.341. The van der Waals surface area contributed by atoms with E-state index in [0.29, 0.717) is 12.5 Å². The Morgan fingerprint density at radius 2 is 1.78 bits per heavy atom. The van der Waals surface area contributed by atoms with E-state index in [2.05, 4.69) is 13.8 Å². The van der Waals surface area contributed by atoms with E-state index in [4.69, 9.17) is 10.2 Å². The van der Waals surface area contributed by atoms with Gasteiger partial charge in [-0.25, -0.2) is 0 Å². The fourth-order valence-electron chi connectivity index (χ4n) is 0.584. The second kappa shape index (κ2) is 10.8. The molecule has 0 aromatic rings. The highest BCUT2D eigenvalue weighted by Crippen LogP contribution is 2.01. The lowest BCUT2D eigenvalue weighted by molar-refractivity contribution is 0.229. The standard InChI is InChI=1S/C6H14O.CH4O/c1-3-4-6(2)5-7;1-2/h6-7H,3-5H2,1-2H3;2H,1H3. The van der Waals surface area contributed by atoms with Crippen LogP contribution in [0.2, 0.25) is 0 Å². The van der Waals surface area contributed by atoms with Crippen molar-refractivity contribution < 1.29 is 10.2 Å². The van der Waals surface area contributed by atoms with Gasteiger partial charge in [-0.15, -0.1) is 0 Å². The summed E-state index contributed by atoms with van der Waals surface area (Å²) in [6.45, 7) is 4.53. The van der Waals surface area contributed by atoms with Crippen LogP contribution < -0.4 is 0 Å². The van der Waals surface area contributed by atoms with E-state index < -0.39 is 0 Å². The molecule has 0 amide bonds. The lowest BCUT2D eigenvalue weighted by Crippen LogP contribution is -1.98. The first-order valence-electron chi connectivity index (χ1n) is 3.36. The minimum Gasteiger partial charge on any atom is -0.400 e. The molecule has 0 fully saturated rings. The molecule has 2 nitrogen and oxygen atoms in total. The lowest BCUT2D eigenvalue weighted by Gasteiger charge is -2.01. The fraction of sp³-hybridized carbons (Fsp3) is 1.00. The van der Waals surface area contributed by atoms with E-state index >= 15 is 0 Å². The number of hydrogen-bond donors (Lipinski definition) is 2. The zero-order chi connectivity index (χ0) is 7.70. The first-order valence-corrected chi connectivity index (χ1v) is 3.36. The third-order valence-electron chi connectivity index (χ3n) is 1.09. The van der Waals surface area contributed by atoms with Crippen LogP contribution in [0.15, 0.2) is 0 Å². The van der Waals surface area contributed by atoms with Gasteiger partial charge in [0, 0.05) is 13.7 Å². The van der Waals surface area contributed by atoms with E-state index in [1.54, 1.807) is 0 Å². The van der Waals surface area contributed by atoms with Crippen molar-refractivity contribution in [3.8, 4) is 0 Å². The molecule has 0 saturated carbocycles. The zero-order valence-corrected chi connectivity index (χ0v) is 6.59. The summed E-state index contributed by atoms with van der Waals surface area (Å²) in [5.41, 5.74) is 0. The van der Waals surface area contributed by atoms with E-state index in [1.807, 2.05) is 0 Å². The Bertz CT molecular complexity index is 37.9. The Kier molecular flexibility index (Phi) is 14.0. The monoisotopic (exact) mass is 134 g/mol. The molecule has 0 saturated heterocycles. The van der Waals surface area contributed by atoms with Gasteiger partial charge in [-0.2, -0.15) is 0 Å². The lowest BCUT2D eigenvalue weighted by atomic mass is 10.1. The molecule has 0 aliphatic heterocycles. The topological polar surface area (TPSA) is 40.5 Å². The third kappa shape index (κ3) is 11.5. The predicted octanol–water partition coefficient (Wildman–Crippen LogP) is 1.02. The highest BCUT2D eigenvalue weighted by atomic mass is 16.3. The summed E-state index contributed by atoms with van der Waals surface area (Å²) in [4.78, 5) is 0. The van der Waals surface area contributed by atoms with E-state index in [1.165, 1.54) is 6.42 Å². The summed E-state index contributed by atoms with van der Waals surface area (Å²) in [6, 6.07) is 0. The van der Waals surface area contributed by atoms with Crippen LogP contribution in [0.25, 0.3) is 0 Å². The normalized spacial score (nSPS) is 11.7. The smallest absolute Gasteiger partial charge is 0.0456 e. The average Bonchev–Trinajstić information content (AvgIpc) is 1.93. The molecule has 0 aliphatic carbocycles. The van der Waals surface area contributed by atoms with Gasteiger partial charge >= 0.3 is 0 Å². The number of rotatable bonds is 3. The van der Waals surface area contributed by atoms with Crippen molar-refractivity contribution in [1.82, 2.24) is 0 Å². The predicted molar refractivity (Wildman–Crippen MR) is 39.3 cm³/mol. The van der Waals surface area contributed by atoms with Crippen LogP contribution >= 0.6 is 0 Å². The van der Waals surface area contributed by atoms with Crippen molar-refractivity contribution in [3.63, 3.8) is 0 Å². The first kappa shape index (κ1) is 11.7. The van der Waals surface area contributed by atoms with Crippen LogP contribution in [0.3, 0.4) is 0 Å². The van der Waals surface area contributed by atoms with Crippen molar-refractivity contribution in [2.24, 2.45) is 5.92 Å². The van der Waals surface area contributed by atoms with Gasteiger partial charge in [-0.1, -0.05) is 20.3 Å². The van der Waals surface area contributed by atoms with Crippen LogP contribution in [-0.4, -0.2) is 23.9 Å². The van der Waals surface area contributed by atoms with E-state index in [9.17, 15) is 0 Å². The number of aliphatic hydroxyl groups excluding tert-OH is 2. The quantitative estimate of drug-likeness (QED) is 0.605. The Labute approximate surface area is 57.5 Å². The van der Waals surface area contributed by atoms with Crippen LogP contribution in [0.5, 0.6) is 0 Å². The average molecular weight is 134 g/mol. The van der Waals surface area contributed by atoms with E-state index in [-0.39, 0.29) is 0 Å². The summed E-state index contributed by atoms with van der Waals surface area (Å²) in [5, 5.41) is 15.5. The van der Waals surface area contributed by atoms with E-state index in [0.717, 1.165) is 13.5 Å². The summed E-state index contributed by atoms with van der Waals surface area (Å²) >= 11 is 0. The van der Waals surface area contributed by atoms with Gasteiger partial charge in [0.15, 0.2) is 0 Å². The number of hydrogen-bond acceptors (Lipinski definition) is 2. The SMILES string of the molecule is CCCC(C)CO.CO. The molecule has 0 aromatic carbocycles. The fourth-order valence-corrected chi connectivity index (χ4v) is 0.584. The van der Waals surface area contributed by atoms with Crippen LogP contribution in [0.1, 0.15) is 26.7 Å². The van der Waals surface area contributed by atoms with Crippen molar-refractivity contribution in [1.29, 1.82) is 0 Å². The van der Waals surface area contributed by atoms with Gasteiger partial charge in [-0.3, -0.25) is 0 Å². The molecule has 0 aliphatic rings. The van der Waals surface area contributed by atoms with Crippen LogP contribution in [-0.2, 0) is 0 Å². The molecule has 1 atom stereocenters. The van der Waals surface area contributed by atoms with Crippen LogP contribution in [0.4, 0.5) is 0 Å². The second-order valence-corrected chi connectivity index (χ2v) is 2.08. The first-order chi connectivity index (χ1) is 4.31. The van der Waals surface area contributed by atoms with Crippen LogP contribution in [0, 0.1) is 5.92 Å². The molecular weight excluding hydrogens is 116 g/mol. The maximum absolute atomic E-state index is 8.47. The molecule has 1 unspecified atom stereocenters. The molecule has 0 bridgehead atoms. The Balaban J connectivity index is 0. The summed E-state index contributed by atoms with van der Waals surface area (Å²) in [7, 11) is 1.00. The summed E-state index contributed by atoms with van der Waals surface area (Å²) < 4.78 is 0. The molecule has 2 heteroatoms. The molecule has 0 heterocycles. The molecule has 0 rings (SSSR count). The van der Waals surface area contributed by atoms with Crippen molar-refractivity contribution in [3.05, 3.63) is 0 Å². The van der Waals surface area contributed by atoms with Gasteiger partial charge in [-0.05, 0) is 12.3 Å². The largest absolute Gasteiger partial charge is 0.400 e. The highest BCUT2D eigenvalue weighted by Gasteiger charge is 1.93. The number of aliphatic hydroxyl groups is 2.